The second-order valence-electron chi connectivity index (χ2n) is 3.78. The maximum absolute atomic E-state index is 11.4. The van der Waals surface area contributed by atoms with Gasteiger partial charge in [0.1, 0.15) is 6.61 Å². The van der Waals surface area contributed by atoms with Crippen molar-refractivity contribution in [1.29, 1.82) is 0 Å². The number of esters is 1. The monoisotopic (exact) mass is 277 g/mol. The lowest BCUT2D eigenvalue weighted by molar-refractivity contribution is 0.0599. The van der Waals surface area contributed by atoms with Crippen LogP contribution in [0.2, 0.25) is 5.15 Å². The van der Waals surface area contributed by atoms with Crippen LogP contribution in [-0.2, 0) is 11.3 Å². The van der Waals surface area contributed by atoms with E-state index >= 15 is 0 Å². The Hall–Kier alpha value is -2.07. The molecular weight excluding hydrogens is 266 g/mol. The van der Waals surface area contributed by atoms with E-state index < -0.39 is 5.97 Å². The van der Waals surface area contributed by atoms with Crippen LogP contribution in [-0.4, -0.2) is 18.1 Å². The Kier molecular flexibility index (Phi) is 4.36. The van der Waals surface area contributed by atoms with Gasteiger partial charge in [0, 0.05) is 6.20 Å². The molecule has 0 aliphatic rings. The van der Waals surface area contributed by atoms with Crippen LogP contribution in [0.1, 0.15) is 15.9 Å². The van der Waals surface area contributed by atoms with Crippen LogP contribution < -0.4 is 4.74 Å². The number of pyridine rings is 1. The van der Waals surface area contributed by atoms with Gasteiger partial charge in [-0.3, -0.25) is 0 Å². The molecule has 0 amide bonds. The van der Waals surface area contributed by atoms with Gasteiger partial charge in [-0.15, -0.1) is 0 Å². The molecule has 1 aromatic carbocycles. The zero-order valence-electron chi connectivity index (χ0n) is 10.3. The molecule has 5 heteroatoms. The van der Waals surface area contributed by atoms with Crippen LogP contribution in [0.15, 0.2) is 42.6 Å². The van der Waals surface area contributed by atoms with E-state index in [1.807, 2.05) is 30.3 Å². The summed E-state index contributed by atoms with van der Waals surface area (Å²) >= 11 is 5.92. The lowest BCUT2D eigenvalue weighted by Crippen LogP contribution is -2.04. The number of ether oxygens (including phenoxy) is 2. The van der Waals surface area contributed by atoms with Crippen molar-refractivity contribution < 1.29 is 14.3 Å². The summed E-state index contributed by atoms with van der Waals surface area (Å²) in [6.07, 6.45) is 1.35. The lowest BCUT2D eigenvalue weighted by Gasteiger charge is -2.08. The Morgan fingerprint density at radius 2 is 2.05 bits per heavy atom. The van der Waals surface area contributed by atoms with Crippen molar-refractivity contribution in [1.82, 2.24) is 4.98 Å². The first-order valence-corrected chi connectivity index (χ1v) is 5.99. The molecule has 0 aliphatic heterocycles. The van der Waals surface area contributed by atoms with E-state index in [9.17, 15) is 4.79 Å². The predicted octanol–water partition coefficient (Wildman–Crippen LogP) is 3.10. The Labute approximate surface area is 115 Å². The largest absolute Gasteiger partial charge is 0.486 e. The molecule has 4 nitrogen and oxygen atoms in total. The van der Waals surface area contributed by atoms with Crippen molar-refractivity contribution in [2.45, 2.75) is 6.61 Å². The van der Waals surface area contributed by atoms with Crippen LogP contribution in [0.25, 0.3) is 0 Å². The van der Waals surface area contributed by atoms with Gasteiger partial charge in [0.15, 0.2) is 10.9 Å². The van der Waals surface area contributed by atoms with Crippen LogP contribution in [0.3, 0.4) is 0 Å². The summed E-state index contributed by atoms with van der Waals surface area (Å²) in [5, 5.41) is 0.212. The molecule has 0 atom stereocenters. The highest BCUT2D eigenvalue weighted by Crippen LogP contribution is 2.24. The number of benzene rings is 1. The summed E-state index contributed by atoms with van der Waals surface area (Å²) in [5.74, 6) is -0.123. The zero-order chi connectivity index (χ0) is 13.7. The molecule has 0 fully saturated rings. The molecule has 0 aliphatic carbocycles. The summed E-state index contributed by atoms with van der Waals surface area (Å²) in [6.45, 7) is 0.354. The summed E-state index contributed by atoms with van der Waals surface area (Å²) in [7, 11) is 1.31. The maximum Gasteiger partial charge on any atom is 0.339 e. The topological polar surface area (TPSA) is 48.4 Å². The fourth-order valence-corrected chi connectivity index (χ4v) is 1.65. The van der Waals surface area contributed by atoms with Crippen molar-refractivity contribution in [3.05, 3.63) is 58.9 Å². The van der Waals surface area contributed by atoms with E-state index in [-0.39, 0.29) is 5.15 Å². The number of methoxy groups -OCH3 is 1. The molecule has 0 saturated heterocycles. The average Bonchev–Trinajstić information content (AvgIpc) is 2.46. The quantitative estimate of drug-likeness (QED) is 0.636. The minimum absolute atomic E-state index is 0.212. The molecule has 2 aromatic rings. The first kappa shape index (κ1) is 13.4. The van der Waals surface area contributed by atoms with E-state index in [0.717, 1.165) is 5.56 Å². The van der Waals surface area contributed by atoms with Gasteiger partial charge in [-0.2, -0.15) is 0 Å². The SMILES string of the molecule is COC(=O)c1cnc(Cl)c(OCc2ccccc2)c1. The molecule has 0 spiro atoms. The molecule has 0 saturated carbocycles. The molecule has 2 rings (SSSR count). The Bertz CT molecular complexity index is 572. The van der Waals surface area contributed by atoms with E-state index in [1.54, 1.807) is 0 Å². The van der Waals surface area contributed by atoms with Crippen LogP contribution in [0.4, 0.5) is 0 Å². The Morgan fingerprint density at radius 1 is 1.32 bits per heavy atom. The second kappa shape index (κ2) is 6.20. The van der Waals surface area contributed by atoms with Gasteiger partial charge in [-0.25, -0.2) is 9.78 Å². The van der Waals surface area contributed by atoms with Crippen LogP contribution in [0, 0.1) is 0 Å². The molecule has 19 heavy (non-hydrogen) atoms. The third-order valence-electron chi connectivity index (χ3n) is 2.47. The Morgan fingerprint density at radius 3 is 2.74 bits per heavy atom. The highest BCUT2D eigenvalue weighted by molar-refractivity contribution is 6.30. The molecule has 0 unspecified atom stereocenters. The van der Waals surface area contributed by atoms with Crippen molar-refractivity contribution in [2.24, 2.45) is 0 Å². The summed E-state index contributed by atoms with van der Waals surface area (Å²) in [5.41, 5.74) is 1.30. The molecule has 1 heterocycles. The second-order valence-corrected chi connectivity index (χ2v) is 4.14. The van der Waals surface area contributed by atoms with E-state index in [1.165, 1.54) is 19.4 Å². The number of carbonyl (C=O) groups is 1. The normalized spacial score (nSPS) is 10.0. The third-order valence-corrected chi connectivity index (χ3v) is 2.75. The minimum atomic E-state index is -0.478. The summed E-state index contributed by atoms with van der Waals surface area (Å²) in [4.78, 5) is 15.3. The molecule has 1 aromatic heterocycles. The molecular formula is C14H12ClNO3. The van der Waals surface area contributed by atoms with Crippen molar-refractivity contribution in [3.8, 4) is 5.75 Å². The molecule has 0 bridgehead atoms. The van der Waals surface area contributed by atoms with Crippen LogP contribution >= 0.6 is 11.6 Å². The van der Waals surface area contributed by atoms with Crippen molar-refractivity contribution >= 4 is 17.6 Å². The van der Waals surface area contributed by atoms with E-state index in [2.05, 4.69) is 9.72 Å². The Balaban J connectivity index is 2.13. The molecule has 0 radical (unpaired) electrons. The number of aromatic nitrogens is 1. The van der Waals surface area contributed by atoms with E-state index in [0.29, 0.717) is 17.9 Å². The number of nitrogens with zero attached hydrogens (tertiary/aromatic N) is 1. The van der Waals surface area contributed by atoms with Gasteiger partial charge in [0.05, 0.1) is 12.7 Å². The van der Waals surface area contributed by atoms with Gasteiger partial charge in [-0.05, 0) is 11.6 Å². The number of halogens is 1. The smallest absolute Gasteiger partial charge is 0.339 e. The first-order valence-electron chi connectivity index (χ1n) is 5.61. The first-order chi connectivity index (χ1) is 9.20. The van der Waals surface area contributed by atoms with Crippen molar-refractivity contribution in [3.63, 3.8) is 0 Å². The number of rotatable bonds is 4. The van der Waals surface area contributed by atoms with Crippen LogP contribution in [0.5, 0.6) is 5.75 Å². The fourth-order valence-electron chi connectivity index (χ4n) is 1.49. The van der Waals surface area contributed by atoms with E-state index in [4.69, 9.17) is 16.3 Å². The van der Waals surface area contributed by atoms with Gasteiger partial charge < -0.3 is 9.47 Å². The average molecular weight is 278 g/mol. The van der Waals surface area contributed by atoms with Gasteiger partial charge >= 0.3 is 5.97 Å². The lowest BCUT2D eigenvalue weighted by atomic mass is 10.2. The van der Waals surface area contributed by atoms with Gasteiger partial charge in [0.25, 0.3) is 0 Å². The zero-order valence-corrected chi connectivity index (χ0v) is 11.1. The number of carbonyl (C=O) groups excluding carboxylic acids is 1. The molecule has 0 N–H and O–H groups in total. The fraction of sp³-hybridized carbons (Fsp3) is 0.143. The number of hydrogen-bond acceptors (Lipinski definition) is 4. The minimum Gasteiger partial charge on any atom is -0.486 e. The number of hydrogen-bond donors (Lipinski definition) is 0. The summed E-state index contributed by atoms with van der Waals surface area (Å²) < 4.78 is 10.2. The standard InChI is InChI=1S/C14H12ClNO3/c1-18-14(17)11-7-12(13(15)16-8-11)19-9-10-5-3-2-4-6-10/h2-8H,9H2,1H3. The third kappa shape index (κ3) is 3.45. The maximum atomic E-state index is 11.4. The highest BCUT2D eigenvalue weighted by atomic mass is 35.5. The highest BCUT2D eigenvalue weighted by Gasteiger charge is 2.11. The predicted molar refractivity (Wildman–Crippen MR) is 71.4 cm³/mol. The van der Waals surface area contributed by atoms with Gasteiger partial charge in [0.2, 0.25) is 0 Å². The molecule has 98 valence electrons. The summed E-state index contributed by atoms with van der Waals surface area (Å²) in [6, 6.07) is 11.2. The van der Waals surface area contributed by atoms with Crippen molar-refractivity contribution in [2.75, 3.05) is 7.11 Å². The van der Waals surface area contributed by atoms with Gasteiger partial charge in [-0.1, -0.05) is 41.9 Å².